The molecule has 0 aliphatic carbocycles. The fourth-order valence-corrected chi connectivity index (χ4v) is 1.18. The molecule has 0 spiro atoms. The molecule has 1 unspecified atom stereocenters. The maximum Gasteiger partial charge on any atom is 0.0572 e. The second kappa shape index (κ2) is 4.66. The van der Waals surface area contributed by atoms with E-state index in [4.69, 9.17) is 9.57 Å². The van der Waals surface area contributed by atoms with Crippen molar-refractivity contribution in [2.45, 2.75) is 12.8 Å². The third-order valence-electron chi connectivity index (χ3n) is 1.82. The van der Waals surface area contributed by atoms with Gasteiger partial charge in [-0.2, -0.15) is 0 Å². The fraction of sp³-hybridized carbons (Fsp3) is 1.00. The molecule has 3 heteroatoms. The van der Waals surface area contributed by atoms with Crippen molar-refractivity contribution < 1.29 is 9.57 Å². The lowest BCUT2D eigenvalue weighted by Gasteiger charge is -2.05. The van der Waals surface area contributed by atoms with Crippen LogP contribution in [0.4, 0.5) is 0 Å². The van der Waals surface area contributed by atoms with Gasteiger partial charge < -0.3 is 9.57 Å². The molecular formula is C7H15NO2. The Balaban J connectivity index is 1.91. The van der Waals surface area contributed by atoms with Gasteiger partial charge in [0.2, 0.25) is 0 Å². The van der Waals surface area contributed by atoms with Crippen LogP contribution in [0.2, 0.25) is 0 Å². The van der Waals surface area contributed by atoms with Crippen LogP contribution in [0.5, 0.6) is 0 Å². The summed E-state index contributed by atoms with van der Waals surface area (Å²) in [7, 11) is 1.64. The molecule has 1 atom stereocenters. The zero-order valence-corrected chi connectivity index (χ0v) is 6.43. The van der Waals surface area contributed by atoms with Gasteiger partial charge in [0.1, 0.15) is 0 Å². The van der Waals surface area contributed by atoms with Crippen molar-refractivity contribution in [1.29, 1.82) is 0 Å². The van der Waals surface area contributed by atoms with E-state index < -0.39 is 0 Å². The van der Waals surface area contributed by atoms with Crippen LogP contribution in [-0.2, 0) is 9.57 Å². The standard InChI is InChI=1S/C7H15NO2/c1-9-8-4-2-7-3-5-10-6-7/h7-8H,2-6H2,1H3. The Hall–Kier alpha value is -0.120. The first-order valence-corrected chi connectivity index (χ1v) is 3.77. The lowest BCUT2D eigenvalue weighted by Crippen LogP contribution is -2.16. The Labute approximate surface area is 61.7 Å². The van der Waals surface area contributed by atoms with E-state index in [0.29, 0.717) is 0 Å². The van der Waals surface area contributed by atoms with Gasteiger partial charge >= 0.3 is 0 Å². The van der Waals surface area contributed by atoms with E-state index in [-0.39, 0.29) is 0 Å². The van der Waals surface area contributed by atoms with Crippen molar-refractivity contribution in [3.8, 4) is 0 Å². The van der Waals surface area contributed by atoms with Gasteiger partial charge in [-0.3, -0.25) is 0 Å². The summed E-state index contributed by atoms with van der Waals surface area (Å²) in [4.78, 5) is 4.71. The molecule has 0 amide bonds. The maximum atomic E-state index is 5.22. The van der Waals surface area contributed by atoms with Gasteiger partial charge in [0.15, 0.2) is 0 Å². The summed E-state index contributed by atoms with van der Waals surface area (Å²) < 4.78 is 5.22. The van der Waals surface area contributed by atoms with Gasteiger partial charge in [0.05, 0.1) is 7.11 Å². The van der Waals surface area contributed by atoms with Gasteiger partial charge in [-0.05, 0) is 18.8 Å². The lowest BCUT2D eigenvalue weighted by atomic mass is 10.1. The minimum Gasteiger partial charge on any atom is -0.381 e. The third kappa shape index (κ3) is 2.64. The maximum absolute atomic E-state index is 5.22. The van der Waals surface area contributed by atoms with Gasteiger partial charge in [-0.15, -0.1) is 0 Å². The van der Waals surface area contributed by atoms with Crippen molar-refractivity contribution in [1.82, 2.24) is 5.48 Å². The van der Waals surface area contributed by atoms with Crippen molar-refractivity contribution in [2.75, 3.05) is 26.9 Å². The van der Waals surface area contributed by atoms with Crippen LogP contribution < -0.4 is 5.48 Å². The monoisotopic (exact) mass is 145 g/mol. The largest absolute Gasteiger partial charge is 0.381 e. The number of hydrogen-bond acceptors (Lipinski definition) is 3. The molecular weight excluding hydrogens is 130 g/mol. The number of rotatable bonds is 4. The number of hydrogen-bond donors (Lipinski definition) is 1. The van der Waals surface area contributed by atoms with Crippen molar-refractivity contribution >= 4 is 0 Å². The molecule has 0 aromatic rings. The van der Waals surface area contributed by atoms with E-state index in [1.54, 1.807) is 7.11 Å². The summed E-state index contributed by atoms with van der Waals surface area (Å²) >= 11 is 0. The summed E-state index contributed by atoms with van der Waals surface area (Å²) in [5.74, 6) is 0.752. The normalized spacial score (nSPS) is 25.5. The van der Waals surface area contributed by atoms with Crippen LogP contribution in [0.3, 0.4) is 0 Å². The summed E-state index contributed by atoms with van der Waals surface area (Å²) in [6.45, 7) is 2.81. The summed E-state index contributed by atoms with van der Waals surface area (Å²) in [5.41, 5.74) is 2.82. The highest BCUT2D eigenvalue weighted by Crippen LogP contribution is 2.14. The van der Waals surface area contributed by atoms with E-state index in [1.165, 1.54) is 6.42 Å². The van der Waals surface area contributed by atoms with Crippen LogP contribution in [0.15, 0.2) is 0 Å². The molecule has 1 rings (SSSR count). The van der Waals surface area contributed by atoms with Crippen molar-refractivity contribution in [3.63, 3.8) is 0 Å². The van der Waals surface area contributed by atoms with Crippen LogP contribution >= 0.6 is 0 Å². The van der Waals surface area contributed by atoms with Gasteiger partial charge in [-0.25, -0.2) is 5.48 Å². The number of ether oxygens (including phenoxy) is 1. The molecule has 0 radical (unpaired) electrons. The Morgan fingerprint density at radius 3 is 3.20 bits per heavy atom. The molecule has 10 heavy (non-hydrogen) atoms. The Bertz CT molecular complexity index is 81.7. The topological polar surface area (TPSA) is 30.5 Å². The van der Waals surface area contributed by atoms with Crippen LogP contribution in [0.1, 0.15) is 12.8 Å². The Morgan fingerprint density at radius 2 is 2.60 bits per heavy atom. The highest BCUT2D eigenvalue weighted by molar-refractivity contribution is 4.63. The number of hydroxylamine groups is 1. The van der Waals surface area contributed by atoms with Crippen LogP contribution in [-0.4, -0.2) is 26.9 Å². The number of nitrogens with one attached hydrogen (secondary N) is 1. The quantitative estimate of drug-likeness (QED) is 0.463. The summed E-state index contributed by atoms with van der Waals surface area (Å²) in [6.07, 6.45) is 2.37. The average Bonchev–Trinajstić information content (AvgIpc) is 2.41. The highest BCUT2D eigenvalue weighted by Gasteiger charge is 2.14. The molecule has 60 valence electrons. The minimum atomic E-state index is 0.752. The van der Waals surface area contributed by atoms with Crippen molar-refractivity contribution in [3.05, 3.63) is 0 Å². The highest BCUT2D eigenvalue weighted by atomic mass is 16.6. The molecule has 0 aromatic heterocycles. The molecule has 1 N–H and O–H groups in total. The van der Waals surface area contributed by atoms with Gasteiger partial charge in [0.25, 0.3) is 0 Å². The summed E-state index contributed by atoms with van der Waals surface area (Å²) in [5, 5.41) is 0. The zero-order valence-electron chi connectivity index (χ0n) is 6.43. The molecule has 1 fully saturated rings. The van der Waals surface area contributed by atoms with Crippen LogP contribution in [0.25, 0.3) is 0 Å². The molecule has 0 bridgehead atoms. The first-order chi connectivity index (χ1) is 4.93. The smallest absolute Gasteiger partial charge is 0.0572 e. The van der Waals surface area contributed by atoms with E-state index in [9.17, 15) is 0 Å². The van der Waals surface area contributed by atoms with Gasteiger partial charge in [0, 0.05) is 19.8 Å². The van der Waals surface area contributed by atoms with E-state index in [0.717, 1.165) is 32.1 Å². The molecule has 1 saturated heterocycles. The predicted octanol–water partition coefficient (Wildman–Crippen LogP) is 0.564. The second-order valence-electron chi connectivity index (χ2n) is 2.62. The Morgan fingerprint density at radius 1 is 1.70 bits per heavy atom. The van der Waals surface area contributed by atoms with Gasteiger partial charge in [-0.1, -0.05) is 0 Å². The summed E-state index contributed by atoms with van der Waals surface area (Å²) in [6, 6.07) is 0. The lowest BCUT2D eigenvalue weighted by molar-refractivity contribution is 0.0861. The van der Waals surface area contributed by atoms with E-state index >= 15 is 0 Å². The third-order valence-corrected chi connectivity index (χ3v) is 1.82. The predicted molar refractivity (Wildman–Crippen MR) is 38.6 cm³/mol. The van der Waals surface area contributed by atoms with Crippen LogP contribution in [0, 0.1) is 5.92 Å². The average molecular weight is 145 g/mol. The zero-order chi connectivity index (χ0) is 7.23. The van der Waals surface area contributed by atoms with E-state index in [1.807, 2.05) is 0 Å². The molecule has 1 heterocycles. The minimum absolute atomic E-state index is 0.752. The molecule has 1 aliphatic rings. The molecule has 1 aliphatic heterocycles. The first-order valence-electron chi connectivity index (χ1n) is 3.77. The first kappa shape index (κ1) is 7.98. The van der Waals surface area contributed by atoms with Crippen molar-refractivity contribution in [2.24, 2.45) is 5.92 Å². The van der Waals surface area contributed by atoms with E-state index in [2.05, 4.69) is 5.48 Å². The fourth-order valence-electron chi connectivity index (χ4n) is 1.18. The second-order valence-corrected chi connectivity index (χ2v) is 2.62. The molecule has 0 saturated carbocycles. The SMILES string of the molecule is CONCCC1CCOC1. The molecule has 0 aromatic carbocycles. The Kier molecular flexibility index (Phi) is 3.72. The molecule has 3 nitrogen and oxygen atoms in total.